The number of rotatable bonds is 4. The molecule has 3 heterocycles. The van der Waals surface area contributed by atoms with Crippen LogP contribution in [0.1, 0.15) is 19.3 Å². The number of ether oxygens (including phenoxy) is 2. The molecule has 0 radical (unpaired) electrons. The summed E-state index contributed by atoms with van der Waals surface area (Å²) in [6.07, 6.45) is 3.57. The highest BCUT2D eigenvalue weighted by Gasteiger charge is 2.23. The Balaban J connectivity index is 1.38. The van der Waals surface area contributed by atoms with Crippen LogP contribution in [0.3, 0.4) is 0 Å². The molecule has 25 heavy (non-hydrogen) atoms. The van der Waals surface area contributed by atoms with Crippen molar-refractivity contribution in [2.45, 2.75) is 25.4 Å². The number of halogens is 2. The van der Waals surface area contributed by atoms with Gasteiger partial charge in [0.05, 0.1) is 29.9 Å². The molecule has 6 heteroatoms. The van der Waals surface area contributed by atoms with E-state index in [0.717, 1.165) is 73.4 Å². The van der Waals surface area contributed by atoms with Crippen LogP contribution in [0.4, 0.5) is 5.82 Å². The maximum absolute atomic E-state index is 6.33. The monoisotopic (exact) mass is 424 g/mol. The second kappa shape index (κ2) is 7.78. The lowest BCUT2D eigenvalue weighted by atomic mass is 10.1. The summed E-state index contributed by atoms with van der Waals surface area (Å²) >= 11 is 9.90. The Morgan fingerprint density at radius 3 is 2.80 bits per heavy atom. The van der Waals surface area contributed by atoms with Gasteiger partial charge in [-0.2, -0.15) is 0 Å². The third-order valence-corrected chi connectivity index (χ3v) is 6.09. The second-order valence-electron chi connectivity index (χ2n) is 6.84. The highest BCUT2D eigenvalue weighted by atomic mass is 79.9. The smallest absolute Gasteiger partial charge is 0.129 e. The van der Waals surface area contributed by atoms with Crippen molar-refractivity contribution in [2.75, 3.05) is 37.8 Å². The Morgan fingerprint density at radius 2 is 2.04 bits per heavy atom. The summed E-state index contributed by atoms with van der Waals surface area (Å²) in [5, 5.41) is 1.74. The molecule has 2 fully saturated rings. The molecule has 0 saturated carbocycles. The van der Waals surface area contributed by atoms with E-state index in [1.165, 1.54) is 0 Å². The number of hydrogen-bond acceptors (Lipinski definition) is 4. The fourth-order valence-corrected chi connectivity index (χ4v) is 4.21. The summed E-state index contributed by atoms with van der Waals surface area (Å²) in [4.78, 5) is 7.13. The van der Waals surface area contributed by atoms with Gasteiger partial charge in [-0.25, -0.2) is 4.98 Å². The molecule has 1 unspecified atom stereocenters. The molecular weight excluding hydrogens is 404 g/mol. The molecule has 0 spiro atoms. The van der Waals surface area contributed by atoms with Gasteiger partial charge >= 0.3 is 0 Å². The van der Waals surface area contributed by atoms with Gasteiger partial charge in [0.1, 0.15) is 5.82 Å². The SMILES string of the molecule is Clc1ccc(Br)c2ccc(N3CCC(OCC4CCOC4)CC3)nc12. The van der Waals surface area contributed by atoms with Crippen LogP contribution in [0.2, 0.25) is 5.02 Å². The Kier molecular flexibility index (Phi) is 5.46. The lowest BCUT2D eigenvalue weighted by Gasteiger charge is -2.33. The molecule has 0 aliphatic carbocycles. The van der Waals surface area contributed by atoms with Gasteiger partial charge in [-0.05, 0) is 43.5 Å². The first-order valence-corrected chi connectivity index (χ1v) is 10.1. The van der Waals surface area contributed by atoms with Gasteiger partial charge < -0.3 is 14.4 Å². The first-order chi connectivity index (χ1) is 12.2. The number of piperidine rings is 1. The highest BCUT2D eigenvalue weighted by molar-refractivity contribution is 9.10. The Morgan fingerprint density at radius 1 is 1.20 bits per heavy atom. The number of benzene rings is 1. The minimum absolute atomic E-state index is 0.357. The summed E-state index contributed by atoms with van der Waals surface area (Å²) in [6.45, 7) is 4.52. The highest BCUT2D eigenvalue weighted by Crippen LogP contribution is 2.31. The minimum atomic E-state index is 0.357. The maximum Gasteiger partial charge on any atom is 0.129 e. The van der Waals surface area contributed by atoms with Crippen molar-refractivity contribution in [3.8, 4) is 0 Å². The summed E-state index contributed by atoms with van der Waals surface area (Å²) in [5.41, 5.74) is 0.855. The first-order valence-electron chi connectivity index (χ1n) is 8.90. The molecule has 1 aromatic heterocycles. The molecule has 0 N–H and O–H groups in total. The van der Waals surface area contributed by atoms with Gasteiger partial charge in [0, 0.05) is 35.5 Å². The van der Waals surface area contributed by atoms with E-state index in [1.54, 1.807) is 0 Å². The molecular formula is C19H22BrClN2O2. The van der Waals surface area contributed by atoms with E-state index in [-0.39, 0.29) is 0 Å². The number of nitrogens with zero attached hydrogens (tertiary/aromatic N) is 2. The normalized spacial score (nSPS) is 22.0. The van der Waals surface area contributed by atoms with Crippen LogP contribution < -0.4 is 4.90 Å². The molecule has 4 rings (SSSR count). The van der Waals surface area contributed by atoms with Gasteiger partial charge in [0.15, 0.2) is 0 Å². The van der Waals surface area contributed by atoms with E-state index < -0.39 is 0 Å². The van der Waals surface area contributed by atoms with Crippen LogP contribution in [0, 0.1) is 5.92 Å². The average Bonchev–Trinajstić information content (AvgIpc) is 3.17. The summed E-state index contributed by atoms with van der Waals surface area (Å²) in [7, 11) is 0. The summed E-state index contributed by atoms with van der Waals surface area (Å²) in [6, 6.07) is 8.03. The summed E-state index contributed by atoms with van der Waals surface area (Å²) < 4.78 is 12.5. The molecule has 0 amide bonds. The average molecular weight is 426 g/mol. The number of hydrogen-bond donors (Lipinski definition) is 0. The topological polar surface area (TPSA) is 34.6 Å². The molecule has 1 aromatic carbocycles. The van der Waals surface area contributed by atoms with Crippen LogP contribution in [-0.4, -0.2) is 44.0 Å². The van der Waals surface area contributed by atoms with E-state index in [4.69, 9.17) is 26.1 Å². The predicted octanol–water partition coefficient (Wildman–Crippen LogP) is 4.67. The lowest BCUT2D eigenvalue weighted by Crippen LogP contribution is -2.38. The van der Waals surface area contributed by atoms with Gasteiger partial charge in [0.25, 0.3) is 0 Å². The van der Waals surface area contributed by atoms with Crippen molar-refractivity contribution in [1.82, 2.24) is 4.98 Å². The molecule has 4 nitrogen and oxygen atoms in total. The number of aromatic nitrogens is 1. The van der Waals surface area contributed by atoms with Crippen molar-refractivity contribution < 1.29 is 9.47 Å². The van der Waals surface area contributed by atoms with Crippen molar-refractivity contribution >= 4 is 44.3 Å². The standard InChI is InChI=1S/C19H22BrClN2O2/c20-16-2-3-17(21)19-15(16)1-4-18(22-19)23-8-5-14(6-9-23)25-12-13-7-10-24-11-13/h1-4,13-14H,5-12H2. The largest absolute Gasteiger partial charge is 0.381 e. The zero-order valence-corrected chi connectivity index (χ0v) is 16.4. The van der Waals surface area contributed by atoms with Crippen molar-refractivity contribution in [3.05, 3.63) is 33.8 Å². The van der Waals surface area contributed by atoms with Crippen LogP contribution in [0.15, 0.2) is 28.7 Å². The Bertz CT molecular complexity index is 744. The van der Waals surface area contributed by atoms with Crippen molar-refractivity contribution in [3.63, 3.8) is 0 Å². The molecule has 2 aliphatic heterocycles. The predicted molar refractivity (Wildman–Crippen MR) is 105 cm³/mol. The molecule has 1 atom stereocenters. The van der Waals surface area contributed by atoms with Crippen LogP contribution in [-0.2, 0) is 9.47 Å². The van der Waals surface area contributed by atoms with E-state index >= 15 is 0 Å². The lowest BCUT2D eigenvalue weighted by molar-refractivity contribution is 0.0131. The zero-order chi connectivity index (χ0) is 17.2. The summed E-state index contributed by atoms with van der Waals surface area (Å²) in [5.74, 6) is 1.58. The Hall–Kier alpha value is -0.880. The third kappa shape index (κ3) is 3.95. The van der Waals surface area contributed by atoms with Crippen LogP contribution in [0.5, 0.6) is 0 Å². The van der Waals surface area contributed by atoms with Gasteiger partial charge in [-0.3, -0.25) is 0 Å². The molecule has 2 saturated heterocycles. The van der Waals surface area contributed by atoms with E-state index in [1.807, 2.05) is 12.1 Å². The fraction of sp³-hybridized carbons (Fsp3) is 0.526. The molecule has 0 bridgehead atoms. The van der Waals surface area contributed by atoms with E-state index in [9.17, 15) is 0 Å². The van der Waals surface area contributed by atoms with Crippen molar-refractivity contribution in [1.29, 1.82) is 0 Å². The molecule has 2 aliphatic rings. The van der Waals surface area contributed by atoms with Gasteiger partial charge in [-0.15, -0.1) is 0 Å². The van der Waals surface area contributed by atoms with Crippen LogP contribution >= 0.6 is 27.5 Å². The third-order valence-electron chi connectivity index (χ3n) is 5.10. The quantitative estimate of drug-likeness (QED) is 0.713. The van der Waals surface area contributed by atoms with Crippen LogP contribution in [0.25, 0.3) is 10.9 Å². The Labute approximate surface area is 161 Å². The van der Waals surface area contributed by atoms with Gasteiger partial charge in [0.2, 0.25) is 0 Å². The number of fused-ring (bicyclic) bond motifs is 1. The maximum atomic E-state index is 6.33. The second-order valence-corrected chi connectivity index (χ2v) is 8.11. The zero-order valence-electron chi connectivity index (χ0n) is 14.1. The van der Waals surface area contributed by atoms with E-state index in [0.29, 0.717) is 17.0 Å². The van der Waals surface area contributed by atoms with E-state index in [2.05, 4.69) is 33.0 Å². The molecule has 2 aromatic rings. The molecule has 134 valence electrons. The first kappa shape index (κ1) is 17.5. The minimum Gasteiger partial charge on any atom is -0.381 e. The number of anilines is 1. The number of pyridine rings is 1. The van der Waals surface area contributed by atoms with Gasteiger partial charge in [-0.1, -0.05) is 27.5 Å². The van der Waals surface area contributed by atoms with Crippen molar-refractivity contribution in [2.24, 2.45) is 5.92 Å². The fourth-order valence-electron chi connectivity index (χ4n) is 3.55.